The number of ketones is 1. The third-order valence-corrected chi connectivity index (χ3v) is 5.99. The number of carbonyl (C=O) groups excluding carboxylic acids is 1. The number of Topliss-reactive ketones (excluding diaryl/α,β-unsaturated/α-hetero) is 1. The first-order valence-electron chi connectivity index (χ1n) is 10.5. The zero-order valence-electron chi connectivity index (χ0n) is 17.6. The van der Waals surface area contributed by atoms with Crippen molar-refractivity contribution in [3.8, 4) is 6.07 Å². The number of aliphatic imine (C=N–C) groups is 1. The Morgan fingerprint density at radius 2 is 1.41 bits per heavy atom. The van der Waals surface area contributed by atoms with Crippen LogP contribution in [-0.4, -0.2) is 11.5 Å². The van der Waals surface area contributed by atoms with Crippen molar-refractivity contribution in [2.75, 3.05) is 0 Å². The molecule has 0 amide bonds. The third kappa shape index (κ3) is 3.05. The van der Waals surface area contributed by atoms with Gasteiger partial charge >= 0.3 is 0 Å². The van der Waals surface area contributed by atoms with Crippen LogP contribution in [0.15, 0.2) is 108 Å². The van der Waals surface area contributed by atoms with Crippen LogP contribution in [-0.2, 0) is 5.54 Å². The first-order chi connectivity index (χ1) is 15.6. The van der Waals surface area contributed by atoms with Crippen molar-refractivity contribution in [1.82, 2.24) is 0 Å². The van der Waals surface area contributed by atoms with Gasteiger partial charge in [-0.25, -0.2) is 0 Å². The molecule has 152 valence electrons. The Labute approximate surface area is 187 Å². The number of carbonyl (C=O) groups is 1. The van der Waals surface area contributed by atoms with Gasteiger partial charge in [-0.2, -0.15) is 5.26 Å². The number of nitrogens with zero attached hydrogens (tertiary/aromatic N) is 2. The molecule has 1 heterocycles. The van der Waals surface area contributed by atoms with Crippen LogP contribution in [0.3, 0.4) is 0 Å². The maximum Gasteiger partial charge on any atom is 0.211 e. The summed E-state index contributed by atoms with van der Waals surface area (Å²) in [5.74, 6) is -0.121. The van der Waals surface area contributed by atoms with E-state index >= 15 is 0 Å². The van der Waals surface area contributed by atoms with Crippen LogP contribution in [0.5, 0.6) is 0 Å². The van der Waals surface area contributed by atoms with Crippen LogP contribution in [0.25, 0.3) is 0 Å². The molecule has 0 saturated heterocycles. The Morgan fingerprint density at radius 3 is 1.97 bits per heavy atom. The van der Waals surface area contributed by atoms with Crippen molar-refractivity contribution in [2.45, 2.75) is 12.5 Å². The van der Waals surface area contributed by atoms with Gasteiger partial charge in [-0.05, 0) is 35.7 Å². The molecule has 3 heteroatoms. The number of hydrogen-bond donors (Lipinski definition) is 0. The minimum absolute atomic E-state index is 0.121. The van der Waals surface area contributed by atoms with E-state index in [4.69, 9.17) is 4.99 Å². The lowest BCUT2D eigenvalue weighted by molar-refractivity contribution is 0.106. The van der Waals surface area contributed by atoms with E-state index < -0.39 is 5.54 Å². The molecule has 0 radical (unpaired) electrons. The maximum atomic E-state index is 13.6. The van der Waals surface area contributed by atoms with Crippen molar-refractivity contribution < 1.29 is 4.79 Å². The summed E-state index contributed by atoms with van der Waals surface area (Å²) >= 11 is 0. The highest BCUT2D eigenvalue weighted by Crippen LogP contribution is 2.47. The Balaban J connectivity index is 1.83. The number of fused-ring (bicyclic) bond motifs is 1. The molecule has 3 nitrogen and oxygen atoms in total. The van der Waals surface area contributed by atoms with E-state index in [0.717, 1.165) is 27.8 Å². The van der Waals surface area contributed by atoms with Gasteiger partial charge in [0.2, 0.25) is 5.78 Å². The average Bonchev–Trinajstić information content (AvgIpc) is 3.20. The summed E-state index contributed by atoms with van der Waals surface area (Å²) in [4.78, 5) is 18.8. The molecule has 0 spiro atoms. The molecule has 0 N–H and O–H groups in total. The SMILES string of the molecule is Cc1ccc(C(=O)C2=NC(c3ccccc3)(c3ccccc3)c3cc(C#N)ccc32)cc1. The minimum Gasteiger partial charge on any atom is -0.287 e. The summed E-state index contributed by atoms with van der Waals surface area (Å²) in [5, 5.41) is 9.60. The van der Waals surface area contributed by atoms with Crippen molar-refractivity contribution >= 4 is 11.5 Å². The number of benzene rings is 4. The van der Waals surface area contributed by atoms with Gasteiger partial charge in [0, 0.05) is 11.1 Å². The van der Waals surface area contributed by atoms with Gasteiger partial charge in [0.05, 0.1) is 11.6 Å². The second-order valence-corrected chi connectivity index (χ2v) is 7.97. The zero-order chi connectivity index (χ0) is 22.1. The Bertz CT molecular complexity index is 1340. The molecule has 0 unspecified atom stereocenters. The second-order valence-electron chi connectivity index (χ2n) is 7.97. The van der Waals surface area contributed by atoms with Crippen molar-refractivity contribution in [3.05, 3.63) is 142 Å². The van der Waals surface area contributed by atoms with Gasteiger partial charge in [0.1, 0.15) is 11.3 Å². The monoisotopic (exact) mass is 412 g/mol. The molecule has 1 aliphatic rings. The lowest BCUT2D eigenvalue weighted by Gasteiger charge is -2.29. The van der Waals surface area contributed by atoms with Gasteiger partial charge in [-0.1, -0.05) is 96.6 Å². The summed E-state index contributed by atoms with van der Waals surface area (Å²) < 4.78 is 0. The fraction of sp³-hybridized carbons (Fsp3) is 0.0690. The fourth-order valence-electron chi connectivity index (χ4n) is 4.39. The standard InChI is InChI=1S/C29H20N2O/c1-20-12-15-22(16-13-20)28(32)27-25-17-14-21(19-30)18-26(25)29(31-27,23-8-4-2-5-9-23)24-10-6-3-7-11-24/h2-18H,1H3. The van der Waals surface area contributed by atoms with Gasteiger partial charge in [-0.3, -0.25) is 9.79 Å². The summed E-state index contributed by atoms with van der Waals surface area (Å²) in [7, 11) is 0. The predicted molar refractivity (Wildman–Crippen MR) is 126 cm³/mol. The minimum atomic E-state index is -0.902. The number of nitriles is 1. The highest BCUT2D eigenvalue weighted by molar-refractivity contribution is 6.52. The Morgan fingerprint density at radius 1 is 0.812 bits per heavy atom. The van der Waals surface area contributed by atoms with Crippen molar-refractivity contribution in [1.29, 1.82) is 5.26 Å². The molecule has 4 aromatic rings. The van der Waals surface area contributed by atoms with Crippen LogP contribution in [0.2, 0.25) is 0 Å². The zero-order valence-corrected chi connectivity index (χ0v) is 17.6. The molecule has 5 rings (SSSR count). The molecule has 1 aliphatic heterocycles. The van der Waals surface area contributed by atoms with E-state index in [0.29, 0.717) is 16.8 Å². The normalized spacial score (nSPS) is 13.7. The molecule has 0 aromatic heterocycles. The first-order valence-corrected chi connectivity index (χ1v) is 10.5. The van der Waals surface area contributed by atoms with Crippen LogP contribution >= 0.6 is 0 Å². The van der Waals surface area contributed by atoms with Crippen LogP contribution in [0.4, 0.5) is 0 Å². The molecule has 0 fully saturated rings. The van der Waals surface area contributed by atoms with E-state index in [2.05, 4.69) is 6.07 Å². The van der Waals surface area contributed by atoms with Crippen molar-refractivity contribution in [2.24, 2.45) is 4.99 Å². The highest BCUT2D eigenvalue weighted by atomic mass is 16.1. The second kappa shape index (κ2) is 7.76. The van der Waals surface area contributed by atoms with Gasteiger partial charge < -0.3 is 0 Å². The molecular formula is C29H20N2O. The maximum absolute atomic E-state index is 13.6. The topological polar surface area (TPSA) is 53.2 Å². The number of hydrogen-bond acceptors (Lipinski definition) is 3. The lowest BCUT2D eigenvalue weighted by Crippen LogP contribution is -2.25. The van der Waals surface area contributed by atoms with E-state index in [1.165, 1.54) is 0 Å². The van der Waals surface area contributed by atoms with Crippen LogP contribution in [0.1, 0.15) is 43.7 Å². The van der Waals surface area contributed by atoms with Crippen molar-refractivity contribution in [3.63, 3.8) is 0 Å². The molecule has 0 bridgehead atoms. The average molecular weight is 412 g/mol. The largest absolute Gasteiger partial charge is 0.287 e. The quantitative estimate of drug-likeness (QED) is 0.395. The van der Waals surface area contributed by atoms with Gasteiger partial charge in [0.25, 0.3) is 0 Å². The Hall–Kier alpha value is -4.29. The molecule has 32 heavy (non-hydrogen) atoms. The van der Waals surface area contributed by atoms with Gasteiger partial charge in [-0.15, -0.1) is 0 Å². The summed E-state index contributed by atoms with van der Waals surface area (Å²) in [6.07, 6.45) is 0. The summed E-state index contributed by atoms with van der Waals surface area (Å²) in [6.45, 7) is 2.00. The van der Waals surface area contributed by atoms with Crippen LogP contribution in [0, 0.1) is 18.3 Å². The number of rotatable bonds is 4. The fourth-order valence-corrected chi connectivity index (χ4v) is 4.39. The van der Waals surface area contributed by atoms with E-state index in [-0.39, 0.29) is 5.78 Å². The first kappa shape index (κ1) is 19.7. The van der Waals surface area contributed by atoms with Gasteiger partial charge in [0.15, 0.2) is 0 Å². The molecule has 0 atom stereocenters. The Kier molecular flexibility index (Phi) is 4.77. The van der Waals surface area contributed by atoms with Crippen LogP contribution < -0.4 is 0 Å². The lowest BCUT2D eigenvalue weighted by atomic mass is 9.77. The smallest absolute Gasteiger partial charge is 0.211 e. The summed E-state index contributed by atoms with van der Waals surface area (Å²) in [5.41, 5.74) is 5.27. The number of aryl methyl sites for hydroxylation is 1. The molecule has 4 aromatic carbocycles. The third-order valence-electron chi connectivity index (χ3n) is 5.99. The van der Waals surface area contributed by atoms with E-state index in [9.17, 15) is 10.1 Å². The molecular weight excluding hydrogens is 392 g/mol. The molecule has 0 saturated carbocycles. The van der Waals surface area contributed by atoms with E-state index in [1.807, 2.05) is 104 Å². The van der Waals surface area contributed by atoms with E-state index in [1.54, 1.807) is 6.07 Å². The predicted octanol–water partition coefficient (Wildman–Crippen LogP) is 5.84. The molecule has 0 aliphatic carbocycles. The summed E-state index contributed by atoms with van der Waals surface area (Å²) in [6, 6.07) is 35.2. The highest BCUT2D eigenvalue weighted by Gasteiger charge is 2.44.